The minimum absolute atomic E-state index is 0.117. The molecule has 0 heterocycles. The molecule has 2 aromatic carbocycles. The summed E-state index contributed by atoms with van der Waals surface area (Å²) in [7, 11) is 0. The summed E-state index contributed by atoms with van der Waals surface area (Å²) in [6.07, 6.45) is 0. The van der Waals surface area contributed by atoms with Crippen LogP contribution >= 0.6 is 12.6 Å². The van der Waals surface area contributed by atoms with E-state index in [1.54, 1.807) is 18.2 Å². The van der Waals surface area contributed by atoms with Crippen molar-refractivity contribution >= 4 is 18.5 Å². The van der Waals surface area contributed by atoms with Gasteiger partial charge in [-0.05, 0) is 42.8 Å². The Labute approximate surface area is 124 Å². The second kappa shape index (κ2) is 7.01. The molecule has 4 heteroatoms. The molecule has 2 rings (SSSR count). The molecule has 0 saturated heterocycles. The number of benzene rings is 2. The number of rotatable bonds is 5. The highest BCUT2D eigenvalue weighted by atomic mass is 32.1. The zero-order valence-corrected chi connectivity index (χ0v) is 12.2. The molecule has 1 amide bonds. The topological polar surface area (TPSA) is 38.3 Å². The number of aryl methyl sites for hydroxylation is 1. The third-order valence-electron chi connectivity index (χ3n) is 2.75. The van der Waals surface area contributed by atoms with Crippen molar-refractivity contribution in [3.05, 3.63) is 59.7 Å². The highest BCUT2D eigenvalue weighted by Gasteiger charge is 2.04. The number of hydrogen-bond donors (Lipinski definition) is 2. The Kier molecular flexibility index (Phi) is 5.07. The van der Waals surface area contributed by atoms with Gasteiger partial charge in [0.2, 0.25) is 0 Å². The molecule has 0 aliphatic heterocycles. The lowest BCUT2D eigenvalue weighted by Crippen LogP contribution is -2.28. The first kappa shape index (κ1) is 14.5. The Morgan fingerprint density at radius 2 is 2.00 bits per heavy atom. The fourth-order valence-electron chi connectivity index (χ4n) is 1.79. The molecular formula is C16H17NO2S. The standard InChI is InChI=1S/C16H17NO2S/c1-12-4-2-6-14(10-12)19-9-8-17-16(18)13-5-3-7-15(20)11-13/h2-7,10-11,20H,8-9H2,1H3,(H,17,18). The minimum atomic E-state index is -0.117. The van der Waals surface area contributed by atoms with E-state index in [9.17, 15) is 4.79 Å². The molecule has 3 nitrogen and oxygen atoms in total. The normalized spacial score (nSPS) is 10.1. The third kappa shape index (κ3) is 4.31. The van der Waals surface area contributed by atoms with Crippen molar-refractivity contribution in [1.82, 2.24) is 5.32 Å². The largest absolute Gasteiger partial charge is 0.492 e. The highest BCUT2D eigenvalue weighted by molar-refractivity contribution is 7.80. The van der Waals surface area contributed by atoms with Crippen LogP contribution < -0.4 is 10.1 Å². The van der Waals surface area contributed by atoms with Gasteiger partial charge < -0.3 is 10.1 Å². The van der Waals surface area contributed by atoms with Crippen LogP contribution in [-0.2, 0) is 0 Å². The van der Waals surface area contributed by atoms with E-state index in [2.05, 4.69) is 17.9 Å². The van der Waals surface area contributed by atoms with Crippen molar-refractivity contribution in [2.45, 2.75) is 11.8 Å². The van der Waals surface area contributed by atoms with Gasteiger partial charge in [0.05, 0.1) is 6.54 Å². The molecule has 0 unspecified atom stereocenters. The number of ether oxygens (including phenoxy) is 1. The van der Waals surface area contributed by atoms with Crippen LogP contribution in [0.1, 0.15) is 15.9 Å². The summed E-state index contributed by atoms with van der Waals surface area (Å²) in [5.41, 5.74) is 1.75. The van der Waals surface area contributed by atoms with E-state index in [0.29, 0.717) is 18.7 Å². The van der Waals surface area contributed by atoms with Gasteiger partial charge >= 0.3 is 0 Å². The van der Waals surface area contributed by atoms with Crippen molar-refractivity contribution in [1.29, 1.82) is 0 Å². The van der Waals surface area contributed by atoms with Gasteiger partial charge in [-0.1, -0.05) is 18.2 Å². The smallest absolute Gasteiger partial charge is 0.251 e. The Bertz CT molecular complexity index is 599. The number of amides is 1. The Balaban J connectivity index is 1.77. The summed E-state index contributed by atoms with van der Waals surface area (Å²) in [6, 6.07) is 15.0. The molecule has 0 aliphatic carbocycles. The van der Waals surface area contributed by atoms with E-state index in [-0.39, 0.29) is 5.91 Å². The highest BCUT2D eigenvalue weighted by Crippen LogP contribution is 2.12. The van der Waals surface area contributed by atoms with Gasteiger partial charge in [0, 0.05) is 10.5 Å². The van der Waals surface area contributed by atoms with Crippen LogP contribution in [0, 0.1) is 6.92 Å². The van der Waals surface area contributed by atoms with Gasteiger partial charge in [-0.25, -0.2) is 0 Å². The first-order chi connectivity index (χ1) is 9.65. The fourth-order valence-corrected chi connectivity index (χ4v) is 2.01. The lowest BCUT2D eigenvalue weighted by molar-refractivity contribution is 0.0947. The van der Waals surface area contributed by atoms with Gasteiger partial charge in [0.15, 0.2) is 0 Å². The SMILES string of the molecule is Cc1cccc(OCCNC(=O)c2cccc(S)c2)c1. The van der Waals surface area contributed by atoms with Crippen LogP contribution in [-0.4, -0.2) is 19.1 Å². The predicted molar refractivity (Wildman–Crippen MR) is 82.7 cm³/mol. The number of thiol groups is 1. The third-order valence-corrected chi connectivity index (χ3v) is 3.03. The Morgan fingerprint density at radius 1 is 1.20 bits per heavy atom. The van der Waals surface area contributed by atoms with E-state index in [4.69, 9.17) is 4.74 Å². The summed E-state index contributed by atoms with van der Waals surface area (Å²) in [5, 5.41) is 2.81. The van der Waals surface area contributed by atoms with Crippen LogP contribution in [0.5, 0.6) is 5.75 Å². The van der Waals surface area contributed by atoms with Gasteiger partial charge in [-0.2, -0.15) is 0 Å². The van der Waals surface area contributed by atoms with Crippen molar-refractivity contribution < 1.29 is 9.53 Å². The molecule has 0 radical (unpaired) electrons. The maximum absolute atomic E-state index is 11.9. The number of carbonyl (C=O) groups excluding carboxylic acids is 1. The number of carbonyl (C=O) groups is 1. The van der Waals surface area contributed by atoms with Crippen LogP contribution in [0.15, 0.2) is 53.4 Å². The number of nitrogens with one attached hydrogen (secondary N) is 1. The Morgan fingerprint density at radius 3 is 2.75 bits per heavy atom. The average molecular weight is 287 g/mol. The molecule has 0 aliphatic rings. The first-order valence-corrected chi connectivity index (χ1v) is 6.86. The molecular weight excluding hydrogens is 270 g/mol. The van der Waals surface area contributed by atoms with Gasteiger partial charge in [0.25, 0.3) is 5.91 Å². The summed E-state index contributed by atoms with van der Waals surface area (Å²) in [4.78, 5) is 12.6. The maximum Gasteiger partial charge on any atom is 0.251 e. The first-order valence-electron chi connectivity index (χ1n) is 6.42. The van der Waals surface area contributed by atoms with Gasteiger partial charge in [0.1, 0.15) is 12.4 Å². The molecule has 0 bridgehead atoms. The predicted octanol–water partition coefficient (Wildman–Crippen LogP) is 3.09. The van der Waals surface area contributed by atoms with Crippen molar-refractivity contribution in [2.24, 2.45) is 0 Å². The van der Waals surface area contributed by atoms with E-state index in [0.717, 1.165) is 16.2 Å². The molecule has 0 atom stereocenters. The summed E-state index contributed by atoms with van der Waals surface area (Å²) < 4.78 is 5.57. The molecule has 0 fully saturated rings. The van der Waals surface area contributed by atoms with Crippen molar-refractivity contribution in [2.75, 3.05) is 13.2 Å². The van der Waals surface area contributed by atoms with E-state index in [1.807, 2.05) is 37.3 Å². The average Bonchev–Trinajstić information content (AvgIpc) is 2.43. The fraction of sp³-hybridized carbons (Fsp3) is 0.188. The quantitative estimate of drug-likeness (QED) is 0.655. The molecule has 0 aromatic heterocycles. The van der Waals surface area contributed by atoms with E-state index < -0.39 is 0 Å². The van der Waals surface area contributed by atoms with Crippen LogP contribution in [0.3, 0.4) is 0 Å². The maximum atomic E-state index is 11.9. The van der Waals surface area contributed by atoms with Crippen LogP contribution in [0.2, 0.25) is 0 Å². The second-order valence-electron chi connectivity index (χ2n) is 4.47. The molecule has 0 spiro atoms. The molecule has 0 saturated carbocycles. The molecule has 104 valence electrons. The van der Waals surface area contributed by atoms with Crippen LogP contribution in [0.4, 0.5) is 0 Å². The molecule has 1 N–H and O–H groups in total. The Hall–Kier alpha value is -1.94. The number of hydrogen-bond acceptors (Lipinski definition) is 3. The monoisotopic (exact) mass is 287 g/mol. The van der Waals surface area contributed by atoms with Gasteiger partial charge in [-0.3, -0.25) is 4.79 Å². The lowest BCUT2D eigenvalue weighted by Gasteiger charge is -2.08. The van der Waals surface area contributed by atoms with E-state index in [1.165, 1.54) is 0 Å². The zero-order chi connectivity index (χ0) is 14.4. The lowest BCUT2D eigenvalue weighted by atomic mass is 10.2. The van der Waals surface area contributed by atoms with Crippen LogP contribution in [0.25, 0.3) is 0 Å². The summed E-state index contributed by atoms with van der Waals surface area (Å²) in [6.45, 7) is 2.92. The second-order valence-corrected chi connectivity index (χ2v) is 4.99. The molecule has 20 heavy (non-hydrogen) atoms. The summed E-state index contributed by atoms with van der Waals surface area (Å²) in [5.74, 6) is 0.699. The zero-order valence-electron chi connectivity index (χ0n) is 11.3. The minimum Gasteiger partial charge on any atom is -0.492 e. The van der Waals surface area contributed by atoms with Gasteiger partial charge in [-0.15, -0.1) is 12.6 Å². The molecule has 2 aromatic rings. The van der Waals surface area contributed by atoms with E-state index >= 15 is 0 Å². The van der Waals surface area contributed by atoms with Crippen molar-refractivity contribution in [3.8, 4) is 5.75 Å². The summed E-state index contributed by atoms with van der Waals surface area (Å²) >= 11 is 4.21. The van der Waals surface area contributed by atoms with Crippen molar-refractivity contribution in [3.63, 3.8) is 0 Å².